The third-order valence-corrected chi connectivity index (χ3v) is 3.90. The van der Waals surface area contributed by atoms with Crippen LogP contribution in [0, 0.1) is 6.92 Å². The van der Waals surface area contributed by atoms with Crippen molar-refractivity contribution in [3.05, 3.63) is 46.6 Å². The van der Waals surface area contributed by atoms with E-state index in [1.807, 2.05) is 6.92 Å². The average molecular weight is 285 g/mol. The average Bonchev–Trinajstić information content (AvgIpc) is 2.52. The second-order valence-corrected chi connectivity index (χ2v) is 5.48. The topological polar surface area (TPSA) is 72.7 Å². The van der Waals surface area contributed by atoms with Gasteiger partial charge in [0.1, 0.15) is 0 Å². The van der Waals surface area contributed by atoms with Crippen molar-refractivity contribution in [2.24, 2.45) is 0 Å². The molecule has 0 spiro atoms. The van der Waals surface area contributed by atoms with E-state index in [9.17, 15) is 4.79 Å². The summed E-state index contributed by atoms with van der Waals surface area (Å²) in [4.78, 5) is 20.3. The maximum Gasteiger partial charge on any atom is 0.267 e. The molecule has 0 radical (unpaired) electrons. The highest BCUT2D eigenvalue weighted by molar-refractivity contribution is 5.24. The zero-order chi connectivity index (χ0) is 14.7. The predicted molar refractivity (Wildman–Crippen MR) is 80.2 cm³/mol. The Kier molecular flexibility index (Phi) is 3.94. The van der Waals surface area contributed by atoms with Crippen molar-refractivity contribution in [2.45, 2.75) is 44.7 Å². The van der Waals surface area contributed by atoms with E-state index in [1.165, 1.54) is 0 Å². The summed E-state index contributed by atoms with van der Waals surface area (Å²) in [7, 11) is 0. The summed E-state index contributed by atoms with van der Waals surface area (Å²) in [6.45, 7) is 1.91. The van der Waals surface area contributed by atoms with Crippen molar-refractivity contribution in [1.82, 2.24) is 19.7 Å². The van der Waals surface area contributed by atoms with Crippen LogP contribution < -0.4 is 10.9 Å². The molecule has 1 aliphatic rings. The Hall–Kier alpha value is -2.24. The molecule has 6 nitrogen and oxygen atoms in total. The molecule has 1 N–H and O–H groups in total. The predicted octanol–water partition coefficient (Wildman–Crippen LogP) is 1.94. The van der Waals surface area contributed by atoms with Crippen LogP contribution in [-0.4, -0.2) is 25.8 Å². The Morgan fingerprint density at radius 1 is 1.14 bits per heavy atom. The van der Waals surface area contributed by atoms with Crippen molar-refractivity contribution < 1.29 is 0 Å². The number of aromatic nitrogens is 4. The molecule has 21 heavy (non-hydrogen) atoms. The molecule has 0 aromatic carbocycles. The Morgan fingerprint density at radius 3 is 2.57 bits per heavy atom. The molecule has 110 valence electrons. The molecular formula is C15H19N5O. The molecule has 1 aliphatic carbocycles. The lowest BCUT2D eigenvalue weighted by Crippen LogP contribution is -2.33. The molecular weight excluding hydrogens is 266 g/mol. The lowest BCUT2D eigenvalue weighted by molar-refractivity contribution is 0.302. The van der Waals surface area contributed by atoms with Gasteiger partial charge in [-0.15, -0.1) is 0 Å². The molecule has 0 amide bonds. The van der Waals surface area contributed by atoms with Gasteiger partial charge in [0.05, 0.1) is 11.7 Å². The summed E-state index contributed by atoms with van der Waals surface area (Å²) in [5, 5.41) is 7.71. The van der Waals surface area contributed by atoms with Gasteiger partial charge in [0.15, 0.2) is 0 Å². The number of hydrogen-bond acceptors (Lipinski definition) is 5. The Balaban J connectivity index is 1.63. The molecule has 1 saturated carbocycles. The monoisotopic (exact) mass is 285 g/mol. The molecule has 0 unspecified atom stereocenters. The van der Waals surface area contributed by atoms with E-state index in [0.29, 0.717) is 12.0 Å². The van der Waals surface area contributed by atoms with Crippen LogP contribution in [0.25, 0.3) is 0 Å². The van der Waals surface area contributed by atoms with Crippen molar-refractivity contribution in [1.29, 1.82) is 0 Å². The number of nitrogens with zero attached hydrogens (tertiary/aromatic N) is 4. The quantitative estimate of drug-likeness (QED) is 0.933. The van der Waals surface area contributed by atoms with Crippen LogP contribution in [0.2, 0.25) is 0 Å². The van der Waals surface area contributed by atoms with E-state index >= 15 is 0 Å². The summed E-state index contributed by atoms with van der Waals surface area (Å²) in [5.74, 6) is 0.673. The lowest BCUT2D eigenvalue weighted by Gasteiger charge is -2.29. The van der Waals surface area contributed by atoms with Crippen molar-refractivity contribution in [3.8, 4) is 0 Å². The SMILES string of the molecule is Cc1ccc(=O)n(C2CCC(Nc3ncccn3)CC2)n1. The minimum Gasteiger partial charge on any atom is -0.351 e. The summed E-state index contributed by atoms with van der Waals surface area (Å²) >= 11 is 0. The van der Waals surface area contributed by atoms with Gasteiger partial charge in [-0.1, -0.05) is 0 Å². The van der Waals surface area contributed by atoms with E-state index in [-0.39, 0.29) is 11.6 Å². The van der Waals surface area contributed by atoms with Crippen LogP contribution >= 0.6 is 0 Å². The van der Waals surface area contributed by atoms with Gasteiger partial charge in [0, 0.05) is 24.5 Å². The molecule has 2 aromatic heterocycles. The fraction of sp³-hybridized carbons (Fsp3) is 0.467. The summed E-state index contributed by atoms with van der Waals surface area (Å²) in [5.41, 5.74) is 0.871. The Labute approximate surface area is 123 Å². The van der Waals surface area contributed by atoms with Gasteiger partial charge in [0.2, 0.25) is 5.95 Å². The Bertz CT molecular complexity index is 647. The van der Waals surface area contributed by atoms with Gasteiger partial charge >= 0.3 is 0 Å². The van der Waals surface area contributed by atoms with E-state index in [2.05, 4.69) is 20.4 Å². The number of anilines is 1. The number of aryl methyl sites for hydroxylation is 1. The molecule has 6 heteroatoms. The lowest BCUT2D eigenvalue weighted by atomic mass is 9.91. The second-order valence-electron chi connectivity index (χ2n) is 5.48. The third kappa shape index (κ3) is 3.26. The van der Waals surface area contributed by atoms with E-state index < -0.39 is 0 Å². The highest BCUT2D eigenvalue weighted by Gasteiger charge is 2.24. The fourth-order valence-electron chi connectivity index (χ4n) is 2.80. The van der Waals surface area contributed by atoms with Gasteiger partial charge in [-0.2, -0.15) is 5.10 Å². The molecule has 0 bridgehead atoms. The van der Waals surface area contributed by atoms with E-state index in [0.717, 1.165) is 31.4 Å². The van der Waals surface area contributed by atoms with Gasteiger partial charge in [-0.05, 0) is 44.7 Å². The maximum atomic E-state index is 11.9. The normalized spacial score (nSPS) is 22.0. The van der Waals surface area contributed by atoms with Crippen molar-refractivity contribution in [3.63, 3.8) is 0 Å². The van der Waals surface area contributed by atoms with Gasteiger partial charge in [-0.25, -0.2) is 14.6 Å². The first-order valence-corrected chi connectivity index (χ1v) is 7.32. The zero-order valence-electron chi connectivity index (χ0n) is 12.1. The smallest absolute Gasteiger partial charge is 0.267 e. The molecule has 0 atom stereocenters. The zero-order valence-corrected chi connectivity index (χ0v) is 12.1. The molecule has 1 fully saturated rings. The van der Waals surface area contributed by atoms with Gasteiger partial charge in [0.25, 0.3) is 5.56 Å². The highest BCUT2D eigenvalue weighted by atomic mass is 16.1. The van der Waals surface area contributed by atoms with Gasteiger partial charge in [-0.3, -0.25) is 4.79 Å². The Morgan fingerprint density at radius 2 is 1.86 bits per heavy atom. The van der Waals surface area contributed by atoms with Crippen LogP contribution in [0.3, 0.4) is 0 Å². The van der Waals surface area contributed by atoms with Crippen LogP contribution in [0.5, 0.6) is 0 Å². The van der Waals surface area contributed by atoms with E-state index in [1.54, 1.807) is 35.3 Å². The minimum absolute atomic E-state index is 0.0107. The number of rotatable bonds is 3. The first kappa shape index (κ1) is 13.7. The van der Waals surface area contributed by atoms with Crippen LogP contribution in [-0.2, 0) is 0 Å². The van der Waals surface area contributed by atoms with Crippen molar-refractivity contribution >= 4 is 5.95 Å². The molecule has 3 rings (SSSR count). The van der Waals surface area contributed by atoms with Gasteiger partial charge < -0.3 is 5.32 Å². The third-order valence-electron chi connectivity index (χ3n) is 3.90. The first-order chi connectivity index (χ1) is 10.2. The summed E-state index contributed by atoms with van der Waals surface area (Å²) in [6, 6.07) is 5.73. The van der Waals surface area contributed by atoms with E-state index in [4.69, 9.17) is 0 Å². The standard InChI is InChI=1S/C15H19N5O/c1-11-3-8-14(21)20(19-11)13-6-4-12(5-7-13)18-15-16-9-2-10-17-15/h2-3,8-10,12-13H,4-7H2,1H3,(H,16,17,18). The van der Waals surface area contributed by atoms with Crippen molar-refractivity contribution in [2.75, 3.05) is 5.32 Å². The summed E-state index contributed by atoms with van der Waals surface area (Å²) in [6.07, 6.45) is 7.34. The fourth-order valence-corrected chi connectivity index (χ4v) is 2.80. The van der Waals surface area contributed by atoms with Crippen LogP contribution in [0.1, 0.15) is 37.4 Å². The number of hydrogen-bond donors (Lipinski definition) is 1. The molecule has 0 saturated heterocycles. The second kappa shape index (κ2) is 6.03. The highest BCUT2D eigenvalue weighted by Crippen LogP contribution is 2.28. The number of nitrogens with one attached hydrogen (secondary N) is 1. The minimum atomic E-state index is -0.0107. The maximum absolute atomic E-state index is 11.9. The molecule has 2 aromatic rings. The van der Waals surface area contributed by atoms with Crippen LogP contribution in [0.4, 0.5) is 5.95 Å². The largest absolute Gasteiger partial charge is 0.351 e. The van der Waals surface area contributed by atoms with Crippen LogP contribution in [0.15, 0.2) is 35.4 Å². The molecule has 2 heterocycles. The summed E-state index contributed by atoms with van der Waals surface area (Å²) < 4.78 is 1.64. The first-order valence-electron chi connectivity index (χ1n) is 7.32. The molecule has 0 aliphatic heterocycles.